The number of fused-ring (bicyclic) bond motifs is 1. The van der Waals surface area contributed by atoms with Crippen LogP contribution < -0.4 is 10.2 Å². The number of benzene rings is 1. The quantitative estimate of drug-likeness (QED) is 0.699. The number of rotatable bonds is 5. The molecular weight excluding hydrogens is 349 g/mol. The molecule has 1 saturated heterocycles. The minimum absolute atomic E-state index is 0.140. The Kier molecular flexibility index (Phi) is 5.79. The fourth-order valence-corrected chi connectivity index (χ4v) is 4.13. The summed E-state index contributed by atoms with van der Waals surface area (Å²) in [6.07, 6.45) is 1.18. The summed E-state index contributed by atoms with van der Waals surface area (Å²) in [6.45, 7) is 8.54. The summed E-state index contributed by atoms with van der Waals surface area (Å²) in [5.74, 6) is -0.0432. The Morgan fingerprint density at radius 2 is 2.00 bits per heavy atom. The molecule has 1 aromatic carbocycles. The standard InChI is InChI=1S/C20H26FN3O3/c1-4-27-20(26)19-18(15-8-14(21)5-6-16(15)22-19)23-17(25)11-24-9-12(2)7-13(3)10-24/h5-6,8,12-13,22H,4,7,9-11H2,1-3H3,(H,23,25)/p+1/t12-,13-/m1/s1. The first kappa shape index (κ1) is 19.4. The van der Waals surface area contributed by atoms with E-state index in [-0.39, 0.29) is 23.9 Å². The average Bonchev–Trinajstić information content (AvgIpc) is 2.92. The summed E-state index contributed by atoms with van der Waals surface area (Å²) in [6, 6.07) is 4.16. The van der Waals surface area contributed by atoms with E-state index in [1.165, 1.54) is 23.5 Å². The highest BCUT2D eigenvalue weighted by Crippen LogP contribution is 2.29. The highest BCUT2D eigenvalue weighted by molar-refractivity contribution is 6.11. The fourth-order valence-electron chi connectivity index (χ4n) is 4.13. The highest BCUT2D eigenvalue weighted by atomic mass is 19.1. The molecule has 1 aliphatic heterocycles. The number of aromatic amines is 1. The van der Waals surface area contributed by atoms with Gasteiger partial charge in [-0.25, -0.2) is 9.18 Å². The third-order valence-electron chi connectivity index (χ3n) is 4.99. The largest absolute Gasteiger partial charge is 0.461 e. The average molecular weight is 376 g/mol. The van der Waals surface area contributed by atoms with Crippen LogP contribution in [0.3, 0.4) is 0 Å². The molecule has 0 radical (unpaired) electrons. The number of hydrogen-bond acceptors (Lipinski definition) is 3. The predicted octanol–water partition coefficient (Wildman–Crippen LogP) is 1.98. The molecule has 0 bridgehead atoms. The van der Waals surface area contributed by atoms with Gasteiger partial charge in [-0.1, -0.05) is 13.8 Å². The zero-order valence-electron chi connectivity index (χ0n) is 16.0. The van der Waals surface area contributed by atoms with Crippen molar-refractivity contribution in [3.05, 3.63) is 29.7 Å². The van der Waals surface area contributed by atoms with Crippen LogP contribution >= 0.6 is 0 Å². The Hall–Kier alpha value is -2.41. The molecule has 27 heavy (non-hydrogen) atoms. The lowest BCUT2D eigenvalue weighted by atomic mass is 9.92. The van der Waals surface area contributed by atoms with Crippen LogP contribution in [0.25, 0.3) is 10.9 Å². The van der Waals surface area contributed by atoms with Gasteiger partial charge < -0.3 is 19.9 Å². The number of aromatic nitrogens is 1. The highest BCUT2D eigenvalue weighted by Gasteiger charge is 2.28. The summed E-state index contributed by atoms with van der Waals surface area (Å²) in [5, 5.41) is 3.28. The predicted molar refractivity (Wildman–Crippen MR) is 101 cm³/mol. The second kappa shape index (κ2) is 8.08. The Labute approximate surface area is 158 Å². The molecule has 2 heterocycles. The van der Waals surface area contributed by atoms with Crippen LogP contribution in [0.1, 0.15) is 37.7 Å². The lowest BCUT2D eigenvalue weighted by Gasteiger charge is -2.31. The maximum Gasteiger partial charge on any atom is 0.356 e. The molecule has 146 valence electrons. The summed E-state index contributed by atoms with van der Waals surface area (Å²) >= 11 is 0. The van der Waals surface area contributed by atoms with E-state index < -0.39 is 11.8 Å². The molecule has 2 atom stereocenters. The second-order valence-corrected chi connectivity index (χ2v) is 7.61. The molecule has 6 nitrogen and oxygen atoms in total. The Bertz CT molecular complexity index is 838. The molecule has 1 fully saturated rings. The Morgan fingerprint density at radius 3 is 2.67 bits per heavy atom. The molecule has 3 rings (SSSR count). The minimum atomic E-state index is -0.572. The number of carbonyl (C=O) groups excluding carboxylic acids is 2. The van der Waals surface area contributed by atoms with Gasteiger partial charge in [0.25, 0.3) is 5.91 Å². The van der Waals surface area contributed by atoms with E-state index in [0.29, 0.717) is 29.3 Å². The molecule has 0 aliphatic carbocycles. The Balaban J connectivity index is 1.83. The maximum atomic E-state index is 13.7. The molecule has 7 heteroatoms. The van der Waals surface area contributed by atoms with Crippen LogP contribution in [-0.4, -0.2) is 43.1 Å². The van der Waals surface area contributed by atoms with Crippen LogP contribution in [0.15, 0.2) is 18.2 Å². The van der Waals surface area contributed by atoms with Crippen molar-refractivity contribution in [3.63, 3.8) is 0 Å². The van der Waals surface area contributed by atoms with Crippen LogP contribution in [0.2, 0.25) is 0 Å². The number of hydrogen-bond donors (Lipinski definition) is 3. The SMILES string of the molecule is CCOC(=O)c1[nH]c2ccc(F)cc2c1NC(=O)C[NH+]1C[C@H](C)C[C@@H](C)C1. The Morgan fingerprint density at radius 1 is 1.30 bits per heavy atom. The topological polar surface area (TPSA) is 75.6 Å². The first-order chi connectivity index (χ1) is 12.9. The van der Waals surface area contributed by atoms with Crippen LogP contribution in [0.5, 0.6) is 0 Å². The van der Waals surface area contributed by atoms with E-state index >= 15 is 0 Å². The smallest absolute Gasteiger partial charge is 0.356 e. The molecule has 0 spiro atoms. The first-order valence-electron chi connectivity index (χ1n) is 9.49. The van der Waals surface area contributed by atoms with Gasteiger partial charge >= 0.3 is 5.97 Å². The van der Waals surface area contributed by atoms with Gasteiger partial charge in [-0.15, -0.1) is 0 Å². The number of H-pyrrole nitrogens is 1. The number of anilines is 1. The molecular formula is C20H27FN3O3+. The number of esters is 1. The van der Waals surface area contributed by atoms with E-state index in [2.05, 4.69) is 24.1 Å². The number of piperidine rings is 1. The van der Waals surface area contributed by atoms with Crippen LogP contribution in [-0.2, 0) is 9.53 Å². The fraction of sp³-hybridized carbons (Fsp3) is 0.500. The molecule has 3 N–H and O–H groups in total. The van der Waals surface area contributed by atoms with E-state index in [1.807, 2.05) is 0 Å². The summed E-state index contributed by atoms with van der Waals surface area (Å²) in [5.41, 5.74) is 0.994. The number of amides is 1. The van der Waals surface area contributed by atoms with Gasteiger partial charge in [0, 0.05) is 22.7 Å². The minimum Gasteiger partial charge on any atom is -0.461 e. The van der Waals surface area contributed by atoms with E-state index in [0.717, 1.165) is 13.1 Å². The summed E-state index contributed by atoms with van der Waals surface area (Å²) in [4.78, 5) is 29.1. The lowest BCUT2D eigenvalue weighted by Crippen LogP contribution is -3.15. The van der Waals surface area contributed by atoms with Gasteiger partial charge in [-0.2, -0.15) is 0 Å². The molecule has 1 aromatic heterocycles. The number of likely N-dealkylation sites (tertiary alicyclic amines) is 1. The van der Waals surface area contributed by atoms with E-state index in [9.17, 15) is 14.0 Å². The molecule has 1 aliphatic rings. The number of carbonyl (C=O) groups is 2. The van der Waals surface area contributed by atoms with Crippen LogP contribution in [0.4, 0.5) is 10.1 Å². The molecule has 0 unspecified atom stereocenters. The molecule has 2 aromatic rings. The normalized spacial score (nSPS) is 22.6. The van der Waals surface area contributed by atoms with Crippen molar-refractivity contribution in [1.29, 1.82) is 0 Å². The molecule has 0 saturated carbocycles. The van der Waals surface area contributed by atoms with Crippen LogP contribution in [0, 0.1) is 17.7 Å². The third kappa shape index (κ3) is 4.47. The van der Waals surface area contributed by atoms with Crippen molar-refractivity contribution in [2.24, 2.45) is 11.8 Å². The van der Waals surface area contributed by atoms with Gasteiger partial charge in [0.15, 0.2) is 6.54 Å². The van der Waals surface area contributed by atoms with Gasteiger partial charge in [0.05, 0.1) is 25.4 Å². The zero-order chi connectivity index (χ0) is 19.6. The van der Waals surface area contributed by atoms with Crippen molar-refractivity contribution < 1.29 is 23.6 Å². The summed E-state index contributed by atoms with van der Waals surface area (Å²) < 4.78 is 18.8. The van der Waals surface area contributed by atoms with Gasteiger partial charge in [0.2, 0.25) is 0 Å². The summed E-state index contributed by atoms with van der Waals surface area (Å²) in [7, 11) is 0. The second-order valence-electron chi connectivity index (χ2n) is 7.61. The third-order valence-corrected chi connectivity index (χ3v) is 4.99. The number of halogens is 1. The number of nitrogens with one attached hydrogen (secondary N) is 3. The van der Waals surface area contributed by atoms with Crippen molar-refractivity contribution in [3.8, 4) is 0 Å². The number of quaternary nitrogens is 1. The van der Waals surface area contributed by atoms with Crippen molar-refractivity contribution >= 4 is 28.5 Å². The van der Waals surface area contributed by atoms with Crippen molar-refractivity contribution in [1.82, 2.24) is 4.98 Å². The van der Waals surface area contributed by atoms with Gasteiger partial charge in [0.1, 0.15) is 11.5 Å². The van der Waals surface area contributed by atoms with Crippen molar-refractivity contribution in [2.75, 3.05) is 31.6 Å². The molecule has 1 amide bonds. The maximum absolute atomic E-state index is 13.7. The van der Waals surface area contributed by atoms with Gasteiger partial charge in [-0.3, -0.25) is 4.79 Å². The zero-order valence-corrected chi connectivity index (χ0v) is 16.0. The van der Waals surface area contributed by atoms with E-state index in [1.54, 1.807) is 13.0 Å². The number of ether oxygens (including phenoxy) is 1. The lowest BCUT2D eigenvalue weighted by molar-refractivity contribution is -0.904. The van der Waals surface area contributed by atoms with Gasteiger partial charge in [-0.05, 0) is 31.5 Å². The monoisotopic (exact) mass is 376 g/mol. The van der Waals surface area contributed by atoms with Crippen molar-refractivity contribution in [2.45, 2.75) is 27.2 Å². The van der Waals surface area contributed by atoms with E-state index in [4.69, 9.17) is 4.74 Å². The first-order valence-corrected chi connectivity index (χ1v) is 9.49.